The number of nitrogens with zero attached hydrogens (tertiary/aromatic N) is 3. The van der Waals surface area contributed by atoms with E-state index in [1.165, 1.54) is 11.8 Å². The highest BCUT2D eigenvalue weighted by atomic mass is 32.2. The molecular weight excluding hydrogens is 420 g/mol. The second-order valence-electron chi connectivity index (χ2n) is 7.36. The van der Waals surface area contributed by atoms with Gasteiger partial charge in [0.15, 0.2) is 11.0 Å². The Kier molecular flexibility index (Phi) is 6.56. The molecule has 0 aliphatic rings. The monoisotopic (exact) mass is 444 g/mol. The fourth-order valence-corrected chi connectivity index (χ4v) is 4.12. The average Bonchev–Trinajstić information content (AvgIpc) is 3.24. The lowest BCUT2D eigenvalue weighted by molar-refractivity contribution is -0.113. The topological polar surface area (TPSA) is 69.0 Å². The summed E-state index contributed by atoms with van der Waals surface area (Å²) in [5.74, 6) is 1.61. The van der Waals surface area contributed by atoms with Gasteiger partial charge < -0.3 is 10.1 Å². The van der Waals surface area contributed by atoms with Gasteiger partial charge in [0.25, 0.3) is 0 Å². The molecule has 0 aliphatic heterocycles. The molecule has 0 unspecified atom stereocenters. The van der Waals surface area contributed by atoms with Crippen LogP contribution in [-0.4, -0.2) is 33.5 Å². The Hall–Kier alpha value is -3.58. The molecule has 1 aromatic heterocycles. The van der Waals surface area contributed by atoms with Crippen molar-refractivity contribution in [1.82, 2.24) is 14.8 Å². The molecule has 32 heavy (non-hydrogen) atoms. The third-order valence-electron chi connectivity index (χ3n) is 4.98. The third kappa shape index (κ3) is 4.84. The van der Waals surface area contributed by atoms with Crippen LogP contribution in [0.1, 0.15) is 11.1 Å². The number of carbonyl (C=O) groups is 1. The van der Waals surface area contributed by atoms with Gasteiger partial charge in [0, 0.05) is 16.9 Å². The summed E-state index contributed by atoms with van der Waals surface area (Å²) in [6, 6.07) is 23.5. The first-order chi connectivity index (χ1) is 15.5. The Morgan fingerprint density at radius 3 is 2.44 bits per heavy atom. The summed E-state index contributed by atoms with van der Waals surface area (Å²) >= 11 is 1.35. The number of benzene rings is 3. The van der Waals surface area contributed by atoms with E-state index in [-0.39, 0.29) is 11.7 Å². The SMILES string of the molecule is COc1ccc(-n2c(SCC(=O)Nc3ccc(C)cc3C)nnc2-c2ccccc2)cc1. The standard InChI is InChI=1S/C25H24N4O2S/c1-17-9-14-22(18(2)15-17)26-23(30)16-32-25-28-27-24(19-7-5-4-6-8-19)29(25)20-10-12-21(31-3)13-11-20/h4-15H,16H2,1-3H3,(H,26,30). The number of hydrogen-bond donors (Lipinski definition) is 1. The molecule has 162 valence electrons. The number of aromatic nitrogens is 3. The van der Waals surface area contributed by atoms with Crippen molar-refractivity contribution in [1.29, 1.82) is 0 Å². The molecule has 4 rings (SSSR count). The molecule has 0 atom stereocenters. The van der Waals surface area contributed by atoms with Gasteiger partial charge in [0.1, 0.15) is 5.75 Å². The van der Waals surface area contributed by atoms with E-state index < -0.39 is 0 Å². The summed E-state index contributed by atoms with van der Waals surface area (Å²) in [6.45, 7) is 4.02. The molecule has 3 aromatic carbocycles. The Morgan fingerprint density at radius 2 is 1.75 bits per heavy atom. The molecule has 6 nitrogen and oxygen atoms in total. The van der Waals surface area contributed by atoms with Crippen molar-refractivity contribution in [2.75, 3.05) is 18.2 Å². The number of hydrogen-bond acceptors (Lipinski definition) is 5. The number of carbonyl (C=O) groups excluding carboxylic acids is 1. The zero-order chi connectivity index (χ0) is 22.5. The van der Waals surface area contributed by atoms with Crippen molar-refractivity contribution < 1.29 is 9.53 Å². The molecule has 0 radical (unpaired) electrons. The van der Waals surface area contributed by atoms with Crippen LogP contribution >= 0.6 is 11.8 Å². The van der Waals surface area contributed by atoms with E-state index in [0.717, 1.165) is 33.8 Å². The first-order valence-corrected chi connectivity index (χ1v) is 11.2. The smallest absolute Gasteiger partial charge is 0.234 e. The maximum atomic E-state index is 12.6. The zero-order valence-electron chi connectivity index (χ0n) is 18.2. The third-order valence-corrected chi connectivity index (χ3v) is 5.91. The minimum Gasteiger partial charge on any atom is -0.497 e. The average molecular weight is 445 g/mol. The molecule has 0 spiro atoms. The Bertz CT molecular complexity index is 1220. The van der Waals surface area contributed by atoms with Gasteiger partial charge in [-0.1, -0.05) is 59.8 Å². The maximum absolute atomic E-state index is 12.6. The highest BCUT2D eigenvalue weighted by Gasteiger charge is 2.17. The lowest BCUT2D eigenvalue weighted by atomic mass is 10.1. The number of aryl methyl sites for hydroxylation is 2. The molecule has 1 amide bonds. The van der Waals surface area contributed by atoms with Crippen LogP contribution in [0.5, 0.6) is 5.75 Å². The van der Waals surface area contributed by atoms with E-state index in [0.29, 0.717) is 11.0 Å². The van der Waals surface area contributed by atoms with Crippen LogP contribution in [-0.2, 0) is 4.79 Å². The van der Waals surface area contributed by atoms with Crippen molar-refractivity contribution in [2.24, 2.45) is 0 Å². The summed E-state index contributed by atoms with van der Waals surface area (Å²) < 4.78 is 7.25. The van der Waals surface area contributed by atoms with Crippen molar-refractivity contribution in [3.63, 3.8) is 0 Å². The zero-order valence-corrected chi connectivity index (χ0v) is 19.0. The molecule has 0 saturated heterocycles. The van der Waals surface area contributed by atoms with Crippen LogP contribution in [0.4, 0.5) is 5.69 Å². The number of rotatable bonds is 7. The van der Waals surface area contributed by atoms with Gasteiger partial charge in [-0.05, 0) is 49.7 Å². The quantitative estimate of drug-likeness (QED) is 0.392. The van der Waals surface area contributed by atoms with E-state index >= 15 is 0 Å². The van der Waals surface area contributed by atoms with Crippen molar-refractivity contribution >= 4 is 23.4 Å². The molecule has 0 aliphatic carbocycles. The maximum Gasteiger partial charge on any atom is 0.234 e. The van der Waals surface area contributed by atoms with Crippen LogP contribution in [0.2, 0.25) is 0 Å². The number of nitrogens with one attached hydrogen (secondary N) is 1. The fourth-order valence-electron chi connectivity index (χ4n) is 3.37. The fraction of sp³-hybridized carbons (Fsp3) is 0.160. The van der Waals surface area contributed by atoms with Gasteiger partial charge >= 0.3 is 0 Å². The second-order valence-corrected chi connectivity index (χ2v) is 8.30. The summed E-state index contributed by atoms with van der Waals surface area (Å²) in [5.41, 5.74) is 4.86. The normalized spacial score (nSPS) is 10.7. The van der Waals surface area contributed by atoms with Crippen molar-refractivity contribution in [3.8, 4) is 22.8 Å². The number of anilines is 1. The number of thioether (sulfide) groups is 1. The predicted octanol–water partition coefficient (Wildman–Crippen LogP) is 5.29. The highest BCUT2D eigenvalue weighted by molar-refractivity contribution is 7.99. The van der Waals surface area contributed by atoms with Crippen LogP contribution in [0.25, 0.3) is 17.1 Å². The highest BCUT2D eigenvalue weighted by Crippen LogP contribution is 2.29. The number of ether oxygens (including phenoxy) is 1. The van der Waals surface area contributed by atoms with Gasteiger partial charge in [0.2, 0.25) is 5.91 Å². The van der Waals surface area contributed by atoms with Crippen molar-refractivity contribution in [2.45, 2.75) is 19.0 Å². The van der Waals surface area contributed by atoms with E-state index in [9.17, 15) is 4.79 Å². The number of methoxy groups -OCH3 is 1. The van der Waals surface area contributed by atoms with E-state index in [2.05, 4.69) is 21.6 Å². The molecule has 1 N–H and O–H groups in total. The van der Waals surface area contributed by atoms with Gasteiger partial charge in [-0.15, -0.1) is 10.2 Å². The van der Waals surface area contributed by atoms with Gasteiger partial charge in [0.05, 0.1) is 12.9 Å². The Labute approximate surface area is 191 Å². The minimum atomic E-state index is -0.0903. The molecule has 1 heterocycles. The van der Waals surface area contributed by atoms with Crippen LogP contribution < -0.4 is 10.1 Å². The van der Waals surface area contributed by atoms with E-state index in [1.807, 2.05) is 85.1 Å². The van der Waals surface area contributed by atoms with Crippen LogP contribution in [0.15, 0.2) is 78.0 Å². The van der Waals surface area contributed by atoms with Crippen LogP contribution in [0.3, 0.4) is 0 Å². The summed E-state index contributed by atoms with van der Waals surface area (Å²) in [5, 5.41) is 12.4. The molecule has 7 heteroatoms. The first kappa shape index (κ1) is 21.6. The van der Waals surface area contributed by atoms with Crippen LogP contribution in [0, 0.1) is 13.8 Å². The van der Waals surface area contributed by atoms with E-state index in [1.54, 1.807) is 7.11 Å². The largest absolute Gasteiger partial charge is 0.497 e. The Balaban J connectivity index is 1.59. The minimum absolute atomic E-state index is 0.0903. The molecule has 0 saturated carbocycles. The van der Waals surface area contributed by atoms with E-state index in [4.69, 9.17) is 4.74 Å². The lowest BCUT2D eigenvalue weighted by Gasteiger charge is -2.12. The summed E-state index contributed by atoms with van der Waals surface area (Å²) in [6.07, 6.45) is 0. The van der Waals surface area contributed by atoms with Crippen molar-refractivity contribution in [3.05, 3.63) is 83.9 Å². The second kappa shape index (κ2) is 9.70. The molecule has 4 aromatic rings. The summed E-state index contributed by atoms with van der Waals surface area (Å²) in [4.78, 5) is 12.6. The summed E-state index contributed by atoms with van der Waals surface area (Å²) in [7, 11) is 1.64. The molecular formula is C25H24N4O2S. The lowest BCUT2D eigenvalue weighted by Crippen LogP contribution is -2.15. The van der Waals surface area contributed by atoms with Gasteiger partial charge in [-0.3, -0.25) is 9.36 Å². The predicted molar refractivity (Wildman–Crippen MR) is 129 cm³/mol. The number of amides is 1. The first-order valence-electron chi connectivity index (χ1n) is 10.2. The van der Waals surface area contributed by atoms with Gasteiger partial charge in [-0.2, -0.15) is 0 Å². The molecule has 0 fully saturated rings. The molecule has 0 bridgehead atoms. The Morgan fingerprint density at radius 1 is 1.00 bits per heavy atom. The van der Waals surface area contributed by atoms with Gasteiger partial charge in [-0.25, -0.2) is 0 Å².